The summed E-state index contributed by atoms with van der Waals surface area (Å²) in [5.41, 5.74) is 4.15. The third-order valence-corrected chi connectivity index (χ3v) is 4.10. The first kappa shape index (κ1) is 14.7. The number of hydrogen-bond acceptors (Lipinski definition) is 4. The van der Waals surface area contributed by atoms with E-state index in [9.17, 15) is 4.79 Å². The summed E-state index contributed by atoms with van der Waals surface area (Å²) in [6, 6.07) is 11.8. The number of aliphatic hydroxyl groups excluding tert-OH is 1. The summed E-state index contributed by atoms with van der Waals surface area (Å²) < 4.78 is 1.58. The van der Waals surface area contributed by atoms with Gasteiger partial charge in [-0.25, -0.2) is 14.3 Å². The van der Waals surface area contributed by atoms with E-state index in [-0.39, 0.29) is 12.3 Å². The van der Waals surface area contributed by atoms with E-state index in [1.165, 1.54) is 0 Å². The van der Waals surface area contributed by atoms with Gasteiger partial charge in [-0.15, -0.1) is 0 Å². The fourth-order valence-corrected chi connectivity index (χ4v) is 2.99. The topological polar surface area (TPSA) is 98.2 Å². The van der Waals surface area contributed by atoms with Gasteiger partial charge in [-0.1, -0.05) is 12.1 Å². The predicted octanol–water partition coefficient (Wildman–Crippen LogP) is 1.25. The molecule has 0 unspecified atom stereocenters. The first-order chi connectivity index (χ1) is 11.8. The zero-order chi connectivity index (χ0) is 16.5. The Balaban J connectivity index is 1.95. The average Bonchev–Trinajstić information content (AvgIpc) is 3.25. The number of H-pyrrole nitrogens is 2. The Morgan fingerprint density at radius 2 is 2.17 bits per heavy atom. The lowest BCUT2D eigenvalue weighted by atomic mass is 10.0. The van der Waals surface area contributed by atoms with E-state index in [1.807, 2.05) is 42.6 Å². The van der Waals surface area contributed by atoms with E-state index in [0.29, 0.717) is 18.7 Å². The molecule has 0 aliphatic carbocycles. The number of nitrogens with one attached hydrogen (secondary N) is 3. The SMILES string of the molecule is O=c1[nH]nc2cc(CNCCO)c3ccc(-c4ccc[nH]4)cc3n12. The van der Waals surface area contributed by atoms with Crippen LogP contribution in [-0.4, -0.2) is 37.8 Å². The number of aromatic nitrogens is 4. The predicted molar refractivity (Wildman–Crippen MR) is 91.9 cm³/mol. The standard InChI is InChI=1S/C17H17N5O2/c23-7-6-18-10-12-9-16-20-21-17(24)22(16)15-8-11(3-4-13(12)15)14-2-1-5-19-14/h1-5,8-9,18-19,23H,6-7,10H2,(H,21,24). The molecule has 0 atom stereocenters. The number of aromatic amines is 2. The maximum Gasteiger partial charge on any atom is 0.348 e. The van der Waals surface area contributed by atoms with Crippen LogP contribution in [0.15, 0.2) is 47.4 Å². The highest BCUT2D eigenvalue weighted by Gasteiger charge is 2.11. The third kappa shape index (κ3) is 2.40. The molecule has 3 aromatic heterocycles. The maximum atomic E-state index is 12.2. The number of hydrogen-bond donors (Lipinski definition) is 4. The fourth-order valence-electron chi connectivity index (χ4n) is 2.99. The van der Waals surface area contributed by atoms with Gasteiger partial charge in [0.05, 0.1) is 12.1 Å². The van der Waals surface area contributed by atoms with Crippen molar-refractivity contribution in [2.75, 3.05) is 13.2 Å². The molecule has 0 amide bonds. The van der Waals surface area contributed by atoms with E-state index >= 15 is 0 Å². The van der Waals surface area contributed by atoms with E-state index in [4.69, 9.17) is 5.11 Å². The van der Waals surface area contributed by atoms with Crippen LogP contribution < -0.4 is 11.0 Å². The van der Waals surface area contributed by atoms with Gasteiger partial charge in [0.25, 0.3) is 0 Å². The molecule has 0 fully saturated rings. The van der Waals surface area contributed by atoms with E-state index in [0.717, 1.165) is 27.7 Å². The summed E-state index contributed by atoms with van der Waals surface area (Å²) in [6.45, 7) is 1.19. The lowest BCUT2D eigenvalue weighted by Gasteiger charge is -2.10. The van der Waals surface area contributed by atoms with Crippen molar-refractivity contribution in [2.24, 2.45) is 0 Å². The monoisotopic (exact) mass is 323 g/mol. The zero-order valence-corrected chi connectivity index (χ0v) is 12.9. The average molecular weight is 323 g/mol. The molecule has 0 aliphatic rings. The Bertz CT molecular complexity index is 1050. The van der Waals surface area contributed by atoms with Gasteiger partial charge in [0.15, 0.2) is 5.65 Å². The van der Waals surface area contributed by atoms with Crippen molar-refractivity contribution in [1.82, 2.24) is 24.9 Å². The number of benzene rings is 1. The molecule has 3 heterocycles. The highest BCUT2D eigenvalue weighted by atomic mass is 16.3. The molecule has 122 valence electrons. The Labute approximate surface area is 137 Å². The minimum atomic E-state index is -0.256. The van der Waals surface area contributed by atoms with Crippen molar-refractivity contribution in [1.29, 1.82) is 0 Å². The van der Waals surface area contributed by atoms with Crippen molar-refractivity contribution in [2.45, 2.75) is 6.54 Å². The molecule has 4 aromatic rings. The van der Waals surface area contributed by atoms with E-state index in [2.05, 4.69) is 20.5 Å². The first-order valence-electron chi connectivity index (χ1n) is 7.76. The second-order valence-corrected chi connectivity index (χ2v) is 5.61. The summed E-state index contributed by atoms with van der Waals surface area (Å²) in [4.78, 5) is 15.3. The van der Waals surface area contributed by atoms with Crippen molar-refractivity contribution < 1.29 is 5.11 Å². The van der Waals surface area contributed by atoms with Gasteiger partial charge in [-0.3, -0.25) is 0 Å². The minimum absolute atomic E-state index is 0.0824. The van der Waals surface area contributed by atoms with Crippen molar-refractivity contribution >= 4 is 16.6 Å². The molecule has 24 heavy (non-hydrogen) atoms. The number of fused-ring (bicyclic) bond motifs is 3. The quantitative estimate of drug-likeness (QED) is 0.416. The summed E-state index contributed by atoms with van der Waals surface area (Å²) in [5, 5.41) is 19.7. The lowest BCUT2D eigenvalue weighted by molar-refractivity contribution is 0.292. The van der Waals surface area contributed by atoms with Crippen LogP contribution in [0.3, 0.4) is 0 Å². The van der Waals surface area contributed by atoms with Crippen molar-refractivity contribution in [3.05, 3.63) is 58.6 Å². The van der Waals surface area contributed by atoms with Crippen molar-refractivity contribution in [3.63, 3.8) is 0 Å². The highest BCUT2D eigenvalue weighted by Crippen LogP contribution is 2.26. The normalized spacial score (nSPS) is 11.5. The van der Waals surface area contributed by atoms with E-state index in [1.54, 1.807) is 4.40 Å². The zero-order valence-electron chi connectivity index (χ0n) is 12.9. The molecule has 0 saturated heterocycles. The van der Waals surface area contributed by atoms with Crippen LogP contribution in [-0.2, 0) is 6.54 Å². The number of aliphatic hydroxyl groups is 1. The van der Waals surface area contributed by atoms with Gasteiger partial charge in [0.2, 0.25) is 0 Å². The molecular weight excluding hydrogens is 306 g/mol. The smallest absolute Gasteiger partial charge is 0.348 e. The summed E-state index contributed by atoms with van der Waals surface area (Å²) >= 11 is 0. The van der Waals surface area contributed by atoms with Gasteiger partial charge >= 0.3 is 5.69 Å². The van der Waals surface area contributed by atoms with Gasteiger partial charge in [0, 0.05) is 35.9 Å². The van der Waals surface area contributed by atoms with Gasteiger partial charge in [-0.2, -0.15) is 5.10 Å². The van der Waals surface area contributed by atoms with Crippen LogP contribution in [0.1, 0.15) is 5.56 Å². The molecule has 7 heteroatoms. The van der Waals surface area contributed by atoms with Gasteiger partial charge in [0.1, 0.15) is 0 Å². The Morgan fingerprint density at radius 1 is 1.25 bits per heavy atom. The molecule has 0 radical (unpaired) electrons. The maximum absolute atomic E-state index is 12.2. The van der Waals surface area contributed by atoms with Gasteiger partial charge < -0.3 is 15.4 Å². The minimum Gasteiger partial charge on any atom is -0.395 e. The number of rotatable bonds is 5. The first-order valence-corrected chi connectivity index (χ1v) is 7.76. The molecule has 0 spiro atoms. The summed E-state index contributed by atoms with van der Waals surface area (Å²) in [6.07, 6.45) is 1.87. The largest absolute Gasteiger partial charge is 0.395 e. The fraction of sp³-hybridized carbons (Fsp3) is 0.176. The van der Waals surface area contributed by atoms with Crippen LogP contribution in [0.25, 0.3) is 27.8 Å². The molecule has 0 bridgehead atoms. The Kier molecular flexibility index (Phi) is 3.64. The molecule has 1 aromatic carbocycles. The van der Waals surface area contributed by atoms with Crippen molar-refractivity contribution in [3.8, 4) is 11.3 Å². The molecule has 0 saturated carbocycles. The van der Waals surface area contributed by atoms with Crippen LogP contribution in [0.5, 0.6) is 0 Å². The second-order valence-electron chi connectivity index (χ2n) is 5.61. The molecule has 7 nitrogen and oxygen atoms in total. The van der Waals surface area contributed by atoms with E-state index < -0.39 is 0 Å². The highest BCUT2D eigenvalue weighted by molar-refractivity contribution is 5.89. The van der Waals surface area contributed by atoms with Crippen LogP contribution in [0.2, 0.25) is 0 Å². The summed E-state index contributed by atoms with van der Waals surface area (Å²) in [7, 11) is 0. The number of pyridine rings is 1. The molecule has 0 aliphatic heterocycles. The van der Waals surface area contributed by atoms with Crippen LogP contribution >= 0.6 is 0 Å². The second kappa shape index (κ2) is 5.95. The Hall–Kier alpha value is -2.90. The Morgan fingerprint density at radius 3 is 2.96 bits per heavy atom. The number of nitrogens with zero attached hydrogens (tertiary/aromatic N) is 2. The summed E-state index contributed by atoms with van der Waals surface area (Å²) in [5.74, 6) is 0. The molecule has 4 N–H and O–H groups in total. The third-order valence-electron chi connectivity index (χ3n) is 4.10. The molecule has 4 rings (SSSR count). The van der Waals surface area contributed by atoms with Crippen LogP contribution in [0, 0.1) is 0 Å². The lowest BCUT2D eigenvalue weighted by Crippen LogP contribution is -2.18. The molecular formula is C17H17N5O2. The van der Waals surface area contributed by atoms with Crippen LogP contribution in [0.4, 0.5) is 0 Å². The van der Waals surface area contributed by atoms with Gasteiger partial charge in [-0.05, 0) is 29.8 Å².